The Morgan fingerprint density at radius 1 is 1.16 bits per heavy atom. The third-order valence-electron chi connectivity index (χ3n) is 6.44. The Hall–Kier alpha value is -3.68. The summed E-state index contributed by atoms with van der Waals surface area (Å²) in [6.07, 6.45) is 10.7. The lowest BCUT2D eigenvalue weighted by Gasteiger charge is -2.16. The number of anilines is 1. The molecule has 8 heteroatoms. The molecule has 3 atom stereocenters. The average Bonchev–Trinajstić information content (AvgIpc) is 3.09. The summed E-state index contributed by atoms with van der Waals surface area (Å²) in [4.78, 5) is 13.0. The van der Waals surface area contributed by atoms with Gasteiger partial charge in [-0.3, -0.25) is 19.3 Å². The number of rotatable bonds is 5. The third-order valence-corrected chi connectivity index (χ3v) is 6.44. The first-order valence-electron chi connectivity index (χ1n) is 10.6. The van der Waals surface area contributed by atoms with Crippen LogP contribution in [0.3, 0.4) is 0 Å². The Balaban J connectivity index is 1.28. The zero-order valence-electron chi connectivity index (χ0n) is 17.2. The van der Waals surface area contributed by atoms with E-state index in [0.29, 0.717) is 17.3 Å². The third kappa shape index (κ3) is 3.15. The van der Waals surface area contributed by atoms with Gasteiger partial charge in [-0.15, -0.1) is 0 Å². The molecule has 3 unspecified atom stereocenters. The number of hydrogen-bond donors (Lipinski definition) is 2. The second kappa shape index (κ2) is 6.94. The van der Waals surface area contributed by atoms with Crippen LogP contribution in [0.1, 0.15) is 57.7 Å². The largest absolute Gasteiger partial charge is 0.318 e. The van der Waals surface area contributed by atoms with Crippen LogP contribution in [0.15, 0.2) is 55.1 Å². The van der Waals surface area contributed by atoms with E-state index in [-0.39, 0.29) is 11.9 Å². The Bertz CT molecular complexity index is 1250. The van der Waals surface area contributed by atoms with Crippen LogP contribution in [0.25, 0.3) is 0 Å². The normalized spacial score (nSPS) is 20.0. The fraction of sp³-hybridized carbons (Fsp3) is 0.304. The minimum atomic E-state index is -0.178. The summed E-state index contributed by atoms with van der Waals surface area (Å²) in [6.45, 7) is 0. The van der Waals surface area contributed by atoms with Crippen molar-refractivity contribution in [2.24, 2.45) is 13.0 Å². The fourth-order valence-corrected chi connectivity index (χ4v) is 4.85. The van der Waals surface area contributed by atoms with Gasteiger partial charge < -0.3 is 5.32 Å². The van der Waals surface area contributed by atoms with Crippen LogP contribution in [0.2, 0.25) is 0 Å². The first kappa shape index (κ1) is 18.1. The number of fused-ring (bicyclic) bond motifs is 3. The summed E-state index contributed by atoms with van der Waals surface area (Å²) < 4.78 is 3.64. The van der Waals surface area contributed by atoms with E-state index in [0.717, 1.165) is 34.7 Å². The Morgan fingerprint density at radius 2 is 2.03 bits per heavy atom. The zero-order valence-corrected chi connectivity index (χ0v) is 17.2. The van der Waals surface area contributed by atoms with Gasteiger partial charge in [-0.2, -0.15) is 15.3 Å². The summed E-state index contributed by atoms with van der Waals surface area (Å²) in [5.41, 5.74) is 5.55. The van der Waals surface area contributed by atoms with Gasteiger partial charge in [0, 0.05) is 36.3 Å². The number of amides is 1. The summed E-state index contributed by atoms with van der Waals surface area (Å²) in [5.74, 6) is 1.05. The summed E-state index contributed by atoms with van der Waals surface area (Å²) in [7, 11) is 1.90. The van der Waals surface area contributed by atoms with E-state index in [9.17, 15) is 4.79 Å². The summed E-state index contributed by atoms with van der Waals surface area (Å²) >= 11 is 0. The maximum atomic E-state index is 13.0. The van der Waals surface area contributed by atoms with E-state index in [1.165, 1.54) is 12.8 Å². The van der Waals surface area contributed by atoms with Crippen LogP contribution in [0, 0.1) is 5.92 Å². The zero-order chi connectivity index (χ0) is 20.9. The first-order chi connectivity index (χ1) is 15.2. The van der Waals surface area contributed by atoms with Gasteiger partial charge >= 0.3 is 0 Å². The van der Waals surface area contributed by atoms with Crippen molar-refractivity contribution in [2.75, 3.05) is 5.32 Å². The Labute approximate surface area is 179 Å². The molecule has 1 amide bonds. The number of H-pyrrole nitrogens is 1. The van der Waals surface area contributed by atoms with Gasteiger partial charge in [0.2, 0.25) is 0 Å². The highest BCUT2D eigenvalue weighted by molar-refractivity contribution is 6.04. The van der Waals surface area contributed by atoms with E-state index in [1.54, 1.807) is 10.9 Å². The van der Waals surface area contributed by atoms with Crippen molar-refractivity contribution in [1.29, 1.82) is 0 Å². The standard InChI is InChI=1S/C23H23N7O/c1-29-12-16(10-24-29)22(14-5-3-2-4-6-14)30-13-17(11-25-30)26-23(31)21-20-18-9-15(18)7-8-19(20)27-28-21/h2-6,10-13,15,18,22H,7-9H2,1H3,(H,26,31)(H,27,28). The molecule has 0 aliphatic heterocycles. The molecule has 0 radical (unpaired) electrons. The van der Waals surface area contributed by atoms with Crippen LogP contribution in [0.4, 0.5) is 5.69 Å². The van der Waals surface area contributed by atoms with Crippen LogP contribution >= 0.6 is 0 Å². The van der Waals surface area contributed by atoms with E-state index < -0.39 is 0 Å². The average molecular weight is 413 g/mol. The van der Waals surface area contributed by atoms with E-state index >= 15 is 0 Å². The molecule has 2 aliphatic rings. The minimum absolute atomic E-state index is 0.133. The summed E-state index contributed by atoms with van der Waals surface area (Å²) in [6, 6.07) is 10.0. The van der Waals surface area contributed by atoms with E-state index in [2.05, 4.69) is 37.8 Å². The van der Waals surface area contributed by atoms with Gasteiger partial charge in [0.1, 0.15) is 6.04 Å². The number of aromatic nitrogens is 6. The Kier molecular flexibility index (Phi) is 4.05. The van der Waals surface area contributed by atoms with Crippen LogP contribution in [0.5, 0.6) is 0 Å². The van der Waals surface area contributed by atoms with Gasteiger partial charge in [-0.05, 0) is 36.7 Å². The van der Waals surface area contributed by atoms with Crippen molar-refractivity contribution in [3.8, 4) is 0 Å². The van der Waals surface area contributed by atoms with Gasteiger partial charge in [-0.1, -0.05) is 30.3 Å². The maximum Gasteiger partial charge on any atom is 0.276 e. The molecular formula is C23H23N7O. The Morgan fingerprint density at radius 3 is 2.84 bits per heavy atom. The number of carbonyl (C=O) groups is 1. The lowest BCUT2D eigenvalue weighted by Crippen LogP contribution is -2.15. The van der Waals surface area contributed by atoms with Gasteiger partial charge in [0.15, 0.2) is 5.69 Å². The molecule has 0 saturated heterocycles. The van der Waals surface area contributed by atoms with Crippen molar-refractivity contribution in [3.05, 3.63) is 83.2 Å². The molecule has 0 spiro atoms. The molecule has 6 rings (SSSR count). The van der Waals surface area contributed by atoms with Crippen LogP contribution in [-0.2, 0) is 13.5 Å². The smallest absolute Gasteiger partial charge is 0.276 e. The lowest BCUT2D eigenvalue weighted by molar-refractivity contribution is 0.102. The molecule has 8 nitrogen and oxygen atoms in total. The number of nitrogens with zero attached hydrogens (tertiary/aromatic N) is 5. The minimum Gasteiger partial charge on any atom is -0.318 e. The summed E-state index contributed by atoms with van der Waals surface area (Å²) in [5, 5.41) is 19.3. The van der Waals surface area contributed by atoms with E-state index in [1.807, 2.05) is 48.5 Å². The highest BCUT2D eigenvalue weighted by atomic mass is 16.2. The molecule has 2 aliphatic carbocycles. The number of carbonyl (C=O) groups excluding carboxylic acids is 1. The van der Waals surface area contributed by atoms with Gasteiger partial charge in [-0.25, -0.2) is 0 Å². The highest BCUT2D eigenvalue weighted by Gasteiger charge is 2.45. The van der Waals surface area contributed by atoms with Crippen molar-refractivity contribution in [2.45, 2.75) is 31.2 Å². The number of hydrogen-bond acceptors (Lipinski definition) is 4. The molecule has 1 aromatic carbocycles. The fourth-order valence-electron chi connectivity index (χ4n) is 4.85. The molecule has 3 aromatic heterocycles. The predicted octanol–water partition coefficient (Wildman–Crippen LogP) is 3.28. The number of nitrogens with one attached hydrogen (secondary N) is 2. The van der Waals surface area contributed by atoms with Crippen LogP contribution in [-0.4, -0.2) is 35.7 Å². The quantitative estimate of drug-likeness (QED) is 0.525. The van der Waals surface area contributed by atoms with Gasteiger partial charge in [0.25, 0.3) is 5.91 Å². The van der Waals surface area contributed by atoms with E-state index in [4.69, 9.17) is 0 Å². The molecule has 31 heavy (non-hydrogen) atoms. The molecule has 4 aromatic rings. The van der Waals surface area contributed by atoms with Crippen molar-refractivity contribution >= 4 is 11.6 Å². The van der Waals surface area contributed by atoms with Crippen molar-refractivity contribution in [1.82, 2.24) is 29.8 Å². The monoisotopic (exact) mass is 413 g/mol. The second-order valence-electron chi connectivity index (χ2n) is 8.53. The predicted molar refractivity (Wildman–Crippen MR) is 115 cm³/mol. The molecule has 3 heterocycles. The highest BCUT2D eigenvalue weighted by Crippen LogP contribution is 2.55. The number of aromatic amines is 1. The topological polar surface area (TPSA) is 93.4 Å². The molecule has 1 fully saturated rings. The van der Waals surface area contributed by atoms with Crippen molar-refractivity contribution < 1.29 is 4.79 Å². The molecule has 156 valence electrons. The van der Waals surface area contributed by atoms with Crippen LogP contribution < -0.4 is 5.32 Å². The van der Waals surface area contributed by atoms with Gasteiger partial charge in [0.05, 0.1) is 18.1 Å². The SMILES string of the molecule is Cn1cc(C(c2ccccc2)n2cc(NC(=O)c3n[nH]c4c3C3CC3CC4)cn2)cn1. The molecular weight excluding hydrogens is 390 g/mol. The number of benzene rings is 1. The first-order valence-corrected chi connectivity index (χ1v) is 10.6. The lowest BCUT2D eigenvalue weighted by atomic mass is 9.95. The number of aryl methyl sites for hydroxylation is 2. The molecule has 0 bridgehead atoms. The molecule has 2 N–H and O–H groups in total. The second-order valence-corrected chi connectivity index (χ2v) is 8.53. The molecule has 1 saturated carbocycles. The van der Waals surface area contributed by atoms with Crippen molar-refractivity contribution in [3.63, 3.8) is 0 Å². The maximum absolute atomic E-state index is 13.0.